The predicted molar refractivity (Wildman–Crippen MR) is 76.5 cm³/mol. The molecule has 0 aliphatic rings. The summed E-state index contributed by atoms with van der Waals surface area (Å²) in [4.78, 5) is 12.3. The standard InChI is InChI=1S/C15H14O3S/c1-3-11-4-6-12(7-5-11)10-18-15(16)13-8-9-14(17-2)19-13/h3-9H,1,10H2,2H3. The lowest BCUT2D eigenvalue weighted by molar-refractivity contribution is 0.0478. The van der Waals surface area contributed by atoms with Gasteiger partial charge in [-0.2, -0.15) is 0 Å². The fourth-order valence-corrected chi connectivity index (χ4v) is 2.22. The van der Waals surface area contributed by atoms with Gasteiger partial charge in [0, 0.05) is 0 Å². The quantitative estimate of drug-likeness (QED) is 0.779. The number of benzene rings is 1. The monoisotopic (exact) mass is 274 g/mol. The minimum Gasteiger partial charge on any atom is -0.487 e. The summed E-state index contributed by atoms with van der Waals surface area (Å²) in [7, 11) is 1.57. The zero-order chi connectivity index (χ0) is 13.7. The van der Waals surface area contributed by atoms with Gasteiger partial charge >= 0.3 is 5.97 Å². The van der Waals surface area contributed by atoms with E-state index in [4.69, 9.17) is 9.47 Å². The number of carbonyl (C=O) groups is 1. The van der Waals surface area contributed by atoms with Crippen molar-refractivity contribution < 1.29 is 14.3 Å². The van der Waals surface area contributed by atoms with Crippen LogP contribution in [0.25, 0.3) is 6.08 Å². The maximum atomic E-state index is 11.8. The average Bonchev–Trinajstić information content (AvgIpc) is 2.94. The first-order valence-electron chi connectivity index (χ1n) is 5.75. The Morgan fingerprint density at radius 3 is 2.58 bits per heavy atom. The predicted octanol–water partition coefficient (Wildman–Crippen LogP) is 3.76. The Bertz CT molecular complexity index is 569. The van der Waals surface area contributed by atoms with Crippen molar-refractivity contribution >= 4 is 23.4 Å². The molecular weight excluding hydrogens is 260 g/mol. The van der Waals surface area contributed by atoms with Gasteiger partial charge in [-0.3, -0.25) is 0 Å². The van der Waals surface area contributed by atoms with Gasteiger partial charge in [-0.25, -0.2) is 4.79 Å². The third-order valence-electron chi connectivity index (χ3n) is 2.57. The van der Waals surface area contributed by atoms with Crippen molar-refractivity contribution in [2.24, 2.45) is 0 Å². The number of thiophene rings is 1. The number of hydrogen-bond donors (Lipinski definition) is 0. The maximum Gasteiger partial charge on any atom is 0.348 e. The fraction of sp³-hybridized carbons (Fsp3) is 0.133. The van der Waals surface area contributed by atoms with Crippen LogP contribution in [0.1, 0.15) is 20.8 Å². The first kappa shape index (κ1) is 13.4. The molecular formula is C15H14O3S. The van der Waals surface area contributed by atoms with Crippen molar-refractivity contribution in [1.82, 2.24) is 0 Å². The molecule has 0 spiro atoms. The number of methoxy groups -OCH3 is 1. The van der Waals surface area contributed by atoms with E-state index in [1.165, 1.54) is 11.3 Å². The van der Waals surface area contributed by atoms with Crippen LogP contribution in [0.15, 0.2) is 43.0 Å². The van der Waals surface area contributed by atoms with Crippen LogP contribution >= 0.6 is 11.3 Å². The van der Waals surface area contributed by atoms with E-state index in [1.54, 1.807) is 25.3 Å². The van der Waals surface area contributed by atoms with Crippen LogP contribution in [0.2, 0.25) is 0 Å². The van der Waals surface area contributed by atoms with E-state index >= 15 is 0 Å². The molecule has 0 unspecified atom stereocenters. The molecule has 0 saturated carbocycles. The molecule has 1 aromatic carbocycles. The molecule has 0 amide bonds. The van der Waals surface area contributed by atoms with Gasteiger partial charge in [0.05, 0.1) is 7.11 Å². The minimum absolute atomic E-state index is 0.260. The van der Waals surface area contributed by atoms with Crippen LogP contribution in [0.5, 0.6) is 5.06 Å². The van der Waals surface area contributed by atoms with Gasteiger partial charge in [-0.15, -0.1) is 0 Å². The molecule has 0 atom stereocenters. The van der Waals surface area contributed by atoms with Crippen LogP contribution in [0.4, 0.5) is 0 Å². The van der Waals surface area contributed by atoms with E-state index in [1.807, 2.05) is 24.3 Å². The van der Waals surface area contributed by atoms with Crippen LogP contribution in [0, 0.1) is 0 Å². The molecule has 98 valence electrons. The second-order valence-corrected chi connectivity index (χ2v) is 4.89. The number of ether oxygens (including phenoxy) is 2. The summed E-state index contributed by atoms with van der Waals surface area (Å²) >= 11 is 1.27. The molecule has 0 saturated heterocycles. The summed E-state index contributed by atoms with van der Waals surface area (Å²) in [5.74, 6) is -0.332. The molecule has 0 bridgehead atoms. The Morgan fingerprint density at radius 1 is 1.26 bits per heavy atom. The number of hydrogen-bond acceptors (Lipinski definition) is 4. The van der Waals surface area contributed by atoms with Crippen LogP contribution in [-0.2, 0) is 11.3 Å². The topological polar surface area (TPSA) is 35.5 Å². The van der Waals surface area contributed by atoms with Crippen LogP contribution in [-0.4, -0.2) is 13.1 Å². The first-order valence-corrected chi connectivity index (χ1v) is 6.57. The van der Waals surface area contributed by atoms with Gasteiger partial charge in [0.25, 0.3) is 0 Å². The van der Waals surface area contributed by atoms with Crippen LogP contribution in [0.3, 0.4) is 0 Å². The Labute approximate surface area is 116 Å². The number of carbonyl (C=O) groups excluding carboxylic acids is 1. The molecule has 4 heteroatoms. The highest BCUT2D eigenvalue weighted by Gasteiger charge is 2.11. The third-order valence-corrected chi connectivity index (χ3v) is 3.60. The van der Waals surface area contributed by atoms with Crippen molar-refractivity contribution in [2.75, 3.05) is 7.11 Å². The van der Waals surface area contributed by atoms with Gasteiger partial charge in [0.1, 0.15) is 11.5 Å². The van der Waals surface area contributed by atoms with E-state index in [9.17, 15) is 4.79 Å². The zero-order valence-corrected chi connectivity index (χ0v) is 11.4. The third kappa shape index (κ3) is 3.45. The lowest BCUT2D eigenvalue weighted by Gasteiger charge is -2.03. The van der Waals surface area contributed by atoms with Gasteiger partial charge < -0.3 is 9.47 Å². The second kappa shape index (κ2) is 6.20. The summed E-state index contributed by atoms with van der Waals surface area (Å²) < 4.78 is 10.3. The SMILES string of the molecule is C=Cc1ccc(COC(=O)c2ccc(OC)s2)cc1. The Kier molecular flexibility index (Phi) is 4.36. The highest BCUT2D eigenvalue weighted by molar-refractivity contribution is 7.15. The molecule has 0 N–H and O–H groups in total. The van der Waals surface area contributed by atoms with Crippen LogP contribution < -0.4 is 4.74 Å². The second-order valence-electron chi connectivity index (χ2n) is 3.84. The maximum absolute atomic E-state index is 11.8. The Balaban J connectivity index is 1.93. The molecule has 0 aliphatic heterocycles. The highest BCUT2D eigenvalue weighted by atomic mass is 32.1. The van der Waals surface area contributed by atoms with Crippen molar-refractivity contribution in [2.45, 2.75) is 6.61 Å². The number of rotatable bonds is 5. The van der Waals surface area contributed by atoms with E-state index in [2.05, 4.69) is 6.58 Å². The highest BCUT2D eigenvalue weighted by Crippen LogP contribution is 2.24. The average molecular weight is 274 g/mol. The van der Waals surface area contributed by atoms with Gasteiger partial charge in [-0.05, 0) is 23.3 Å². The van der Waals surface area contributed by atoms with Crippen molar-refractivity contribution in [1.29, 1.82) is 0 Å². The first-order chi connectivity index (χ1) is 9.22. The molecule has 0 aliphatic carbocycles. The molecule has 0 fully saturated rings. The molecule has 19 heavy (non-hydrogen) atoms. The van der Waals surface area contributed by atoms with E-state index in [0.29, 0.717) is 9.94 Å². The summed E-state index contributed by atoms with van der Waals surface area (Å²) in [5, 5.41) is 0.697. The molecule has 0 radical (unpaired) electrons. The van der Waals surface area contributed by atoms with E-state index in [0.717, 1.165) is 11.1 Å². The number of esters is 1. The molecule has 2 rings (SSSR count). The van der Waals surface area contributed by atoms with E-state index < -0.39 is 0 Å². The summed E-state index contributed by atoms with van der Waals surface area (Å²) in [6, 6.07) is 11.2. The lowest BCUT2D eigenvalue weighted by atomic mass is 10.1. The summed E-state index contributed by atoms with van der Waals surface area (Å²) in [6.07, 6.45) is 1.77. The smallest absolute Gasteiger partial charge is 0.348 e. The Morgan fingerprint density at radius 2 is 2.00 bits per heavy atom. The molecule has 3 nitrogen and oxygen atoms in total. The van der Waals surface area contributed by atoms with Gasteiger partial charge in [-0.1, -0.05) is 48.3 Å². The summed E-state index contributed by atoms with van der Waals surface area (Å²) in [5.41, 5.74) is 1.99. The fourth-order valence-electron chi connectivity index (χ4n) is 1.51. The zero-order valence-electron chi connectivity index (χ0n) is 10.6. The van der Waals surface area contributed by atoms with E-state index in [-0.39, 0.29) is 12.6 Å². The van der Waals surface area contributed by atoms with Crippen molar-refractivity contribution in [3.63, 3.8) is 0 Å². The lowest BCUT2D eigenvalue weighted by Crippen LogP contribution is -2.02. The molecule has 1 heterocycles. The van der Waals surface area contributed by atoms with Gasteiger partial charge in [0.2, 0.25) is 0 Å². The van der Waals surface area contributed by atoms with Crippen molar-refractivity contribution in [3.8, 4) is 5.06 Å². The molecule has 2 aromatic rings. The van der Waals surface area contributed by atoms with Crippen molar-refractivity contribution in [3.05, 3.63) is 59.0 Å². The minimum atomic E-state index is -0.332. The molecule has 1 aromatic heterocycles. The summed E-state index contributed by atoms with van der Waals surface area (Å²) in [6.45, 7) is 3.95. The van der Waals surface area contributed by atoms with Gasteiger partial charge in [0.15, 0.2) is 5.06 Å². The normalized spacial score (nSPS) is 9.95. The Hall–Kier alpha value is -2.07. The largest absolute Gasteiger partial charge is 0.487 e.